The van der Waals surface area contributed by atoms with Gasteiger partial charge in [0.15, 0.2) is 23.2 Å². The predicted molar refractivity (Wildman–Crippen MR) is 67.5 cm³/mol. The van der Waals surface area contributed by atoms with E-state index >= 15 is 0 Å². The van der Waals surface area contributed by atoms with Crippen LogP contribution in [-0.2, 0) is 0 Å². The molecule has 0 atom stereocenters. The number of hydrogen-bond donors (Lipinski definition) is 0. The molecule has 0 aliphatic heterocycles. The second-order valence-electron chi connectivity index (χ2n) is 4.24. The summed E-state index contributed by atoms with van der Waals surface area (Å²) in [6.07, 6.45) is 0. The summed E-state index contributed by atoms with van der Waals surface area (Å²) in [6.45, 7) is 1.72. The van der Waals surface area contributed by atoms with Crippen molar-refractivity contribution in [1.82, 2.24) is 0 Å². The zero-order valence-corrected chi connectivity index (χ0v) is 10.8. The van der Waals surface area contributed by atoms with Crippen molar-refractivity contribution in [1.29, 1.82) is 0 Å². The molecular formula is C15H11F3O2. The Hall–Kier alpha value is -2.30. The average molecular weight is 280 g/mol. The number of methoxy groups -OCH3 is 1. The molecule has 2 nitrogen and oxygen atoms in total. The highest BCUT2D eigenvalue weighted by molar-refractivity contribution is 6.09. The maximum atomic E-state index is 13.6. The molecule has 0 aliphatic rings. The molecule has 0 unspecified atom stereocenters. The van der Waals surface area contributed by atoms with Gasteiger partial charge in [0.1, 0.15) is 5.75 Å². The standard InChI is InChI=1S/C15H11F3O2/c1-8-7-9(3-6-12(8)20-2)15(19)10-4-5-11(16)14(18)13(10)17/h3-7H,1-2H3. The number of benzene rings is 2. The van der Waals surface area contributed by atoms with E-state index in [9.17, 15) is 18.0 Å². The third kappa shape index (κ3) is 2.39. The Morgan fingerprint density at radius 2 is 1.75 bits per heavy atom. The number of rotatable bonds is 3. The summed E-state index contributed by atoms with van der Waals surface area (Å²) in [7, 11) is 1.48. The van der Waals surface area contributed by atoms with Gasteiger partial charge in [0.05, 0.1) is 12.7 Å². The quantitative estimate of drug-likeness (QED) is 0.633. The van der Waals surface area contributed by atoms with Crippen LogP contribution in [0.4, 0.5) is 13.2 Å². The minimum Gasteiger partial charge on any atom is -0.496 e. The third-order valence-corrected chi connectivity index (χ3v) is 2.94. The maximum Gasteiger partial charge on any atom is 0.196 e. The Morgan fingerprint density at radius 1 is 1.05 bits per heavy atom. The van der Waals surface area contributed by atoms with Gasteiger partial charge >= 0.3 is 0 Å². The highest BCUT2D eigenvalue weighted by atomic mass is 19.2. The van der Waals surface area contributed by atoms with Crippen LogP contribution in [0, 0.1) is 24.4 Å². The van der Waals surface area contributed by atoms with E-state index in [1.807, 2.05) is 0 Å². The summed E-state index contributed by atoms with van der Waals surface area (Å²) >= 11 is 0. The van der Waals surface area contributed by atoms with Gasteiger partial charge in [-0.05, 0) is 42.8 Å². The summed E-state index contributed by atoms with van der Waals surface area (Å²) in [6, 6.07) is 6.15. The summed E-state index contributed by atoms with van der Waals surface area (Å²) in [4.78, 5) is 12.1. The van der Waals surface area contributed by atoms with Gasteiger partial charge in [-0.1, -0.05) is 0 Å². The second-order valence-corrected chi connectivity index (χ2v) is 4.24. The predicted octanol–water partition coefficient (Wildman–Crippen LogP) is 3.65. The number of hydrogen-bond acceptors (Lipinski definition) is 2. The van der Waals surface area contributed by atoms with Crippen molar-refractivity contribution in [2.24, 2.45) is 0 Å². The molecule has 2 rings (SSSR count). The molecule has 0 aromatic heterocycles. The van der Waals surface area contributed by atoms with Crippen LogP contribution in [0.2, 0.25) is 0 Å². The Bertz CT molecular complexity index is 681. The van der Waals surface area contributed by atoms with Gasteiger partial charge in [0, 0.05) is 5.56 Å². The van der Waals surface area contributed by atoms with Crippen molar-refractivity contribution in [3.63, 3.8) is 0 Å². The first-order valence-corrected chi connectivity index (χ1v) is 5.78. The van der Waals surface area contributed by atoms with Gasteiger partial charge in [-0.2, -0.15) is 0 Å². The zero-order chi connectivity index (χ0) is 14.9. The number of ether oxygens (including phenoxy) is 1. The molecule has 0 heterocycles. The number of aryl methyl sites for hydroxylation is 1. The van der Waals surface area contributed by atoms with E-state index < -0.39 is 28.8 Å². The topological polar surface area (TPSA) is 26.3 Å². The van der Waals surface area contributed by atoms with Crippen molar-refractivity contribution in [3.8, 4) is 5.75 Å². The summed E-state index contributed by atoms with van der Waals surface area (Å²) in [5.41, 5.74) is 0.350. The van der Waals surface area contributed by atoms with Crippen LogP contribution in [0.25, 0.3) is 0 Å². The van der Waals surface area contributed by atoms with Gasteiger partial charge in [0.25, 0.3) is 0 Å². The summed E-state index contributed by atoms with van der Waals surface area (Å²) in [5.74, 6) is -4.60. The largest absolute Gasteiger partial charge is 0.496 e. The molecule has 0 radical (unpaired) electrons. The van der Waals surface area contributed by atoms with Crippen LogP contribution in [-0.4, -0.2) is 12.9 Å². The van der Waals surface area contributed by atoms with Gasteiger partial charge in [0.2, 0.25) is 0 Å². The lowest BCUT2D eigenvalue weighted by atomic mass is 10.0. The number of halogens is 3. The normalized spacial score (nSPS) is 10.4. The fourth-order valence-corrected chi connectivity index (χ4v) is 1.88. The molecule has 0 saturated carbocycles. The van der Waals surface area contributed by atoms with Crippen molar-refractivity contribution in [2.45, 2.75) is 6.92 Å². The molecule has 0 amide bonds. The monoisotopic (exact) mass is 280 g/mol. The average Bonchev–Trinajstić information content (AvgIpc) is 2.44. The Kier molecular flexibility index (Phi) is 3.79. The third-order valence-electron chi connectivity index (χ3n) is 2.94. The Balaban J connectivity index is 2.47. The molecular weight excluding hydrogens is 269 g/mol. The van der Waals surface area contributed by atoms with Crippen molar-refractivity contribution >= 4 is 5.78 Å². The SMILES string of the molecule is COc1ccc(C(=O)c2ccc(F)c(F)c2F)cc1C. The molecule has 104 valence electrons. The van der Waals surface area contributed by atoms with Crippen LogP contribution in [0.3, 0.4) is 0 Å². The van der Waals surface area contributed by atoms with Crippen LogP contribution in [0.5, 0.6) is 5.75 Å². The fourth-order valence-electron chi connectivity index (χ4n) is 1.88. The molecule has 0 bridgehead atoms. The van der Waals surface area contributed by atoms with E-state index in [0.29, 0.717) is 11.3 Å². The highest BCUT2D eigenvalue weighted by Gasteiger charge is 2.20. The molecule has 2 aromatic carbocycles. The molecule has 0 saturated heterocycles. The van der Waals surface area contributed by atoms with E-state index in [4.69, 9.17) is 4.74 Å². The molecule has 20 heavy (non-hydrogen) atoms. The number of carbonyl (C=O) groups is 1. The van der Waals surface area contributed by atoms with E-state index in [-0.39, 0.29) is 5.56 Å². The second kappa shape index (κ2) is 5.36. The van der Waals surface area contributed by atoms with Crippen molar-refractivity contribution in [2.75, 3.05) is 7.11 Å². The molecule has 2 aromatic rings. The minimum atomic E-state index is -1.65. The van der Waals surface area contributed by atoms with Crippen LogP contribution >= 0.6 is 0 Å². The lowest BCUT2D eigenvalue weighted by Crippen LogP contribution is -2.07. The first-order valence-electron chi connectivity index (χ1n) is 5.78. The van der Waals surface area contributed by atoms with E-state index in [1.54, 1.807) is 13.0 Å². The number of ketones is 1. The molecule has 5 heteroatoms. The molecule has 0 spiro atoms. The lowest BCUT2D eigenvalue weighted by Gasteiger charge is -2.08. The first-order chi connectivity index (χ1) is 9.45. The van der Waals surface area contributed by atoms with Crippen LogP contribution in [0.1, 0.15) is 21.5 Å². The summed E-state index contributed by atoms with van der Waals surface area (Å²) in [5, 5.41) is 0. The van der Waals surface area contributed by atoms with Crippen LogP contribution < -0.4 is 4.74 Å². The highest BCUT2D eigenvalue weighted by Crippen LogP contribution is 2.22. The van der Waals surface area contributed by atoms with E-state index in [2.05, 4.69) is 0 Å². The fraction of sp³-hybridized carbons (Fsp3) is 0.133. The van der Waals surface area contributed by atoms with Gasteiger partial charge in [-0.25, -0.2) is 13.2 Å². The van der Waals surface area contributed by atoms with Crippen molar-refractivity contribution < 1.29 is 22.7 Å². The van der Waals surface area contributed by atoms with Gasteiger partial charge in [-0.15, -0.1) is 0 Å². The minimum absolute atomic E-state index is 0.174. The smallest absolute Gasteiger partial charge is 0.196 e. The maximum absolute atomic E-state index is 13.6. The van der Waals surface area contributed by atoms with E-state index in [1.165, 1.54) is 19.2 Å². The molecule has 0 N–H and O–H groups in total. The Morgan fingerprint density at radius 3 is 2.35 bits per heavy atom. The van der Waals surface area contributed by atoms with Crippen LogP contribution in [0.15, 0.2) is 30.3 Å². The Labute approximate surface area is 113 Å². The van der Waals surface area contributed by atoms with Gasteiger partial charge < -0.3 is 4.74 Å². The molecule has 0 aliphatic carbocycles. The number of carbonyl (C=O) groups excluding carboxylic acids is 1. The van der Waals surface area contributed by atoms with Crippen molar-refractivity contribution in [3.05, 3.63) is 64.5 Å². The zero-order valence-electron chi connectivity index (χ0n) is 10.8. The molecule has 0 fully saturated rings. The first kappa shape index (κ1) is 14.1. The van der Waals surface area contributed by atoms with E-state index in [0.717, 1.165) is 12.1 Å². The summed E-state index contributed by atoms with van der Waals surface area (Å²) < 4.78 is 44.6. The van der Waals surface area contributed by atoms with Gasteiger partial charge in [-0.3, -0.25) is 4.79 Å². The lowest BCUT2D eigenvalue weighted by molar-refractivity contribution is 0.103.